The number of hydrogen-bond acceptors (Lipinski definition) is 10. The van der Waals surface area contributed by atoms with E-state index in [0.717, 1.165) is 12.8 Å². The third-order valence-electron chi connectivity index (χ3n) is 4.97. The van der Waals surface area contributed by atoms with Gasteiger partial charge in [-0.25, -0.2) is 0 Å². The third-order valence-corrected chi connectivity index (χ3v) is 4.97. The van der Waals surface area contributed by atoms with Gasteiger partial charge in [-0.05, 0) is 25.0 Å². The second-order valence-electron chi connectivity index (χ2n) is 8.59. The Morgan fingerprint density at radius 2 is 0.711 bits per heavy atom. The van der Waals surface area contributed by atoms with Crippen molar-refractivity contribution < 1.29 is 70.9 Å². The predicted molar refractivity (Wildman–Crippen MR) is 152 cm³/mol. The fraction of sp³-hybridized carbons (Fsp3) is 0.0588. The second kappa shape index (κ2) is 21.3. The van der Waals surface area contributed by atoms with E-state index < -0.39 is 11.9 Å². The Balaban J connectivity index is 0.000000571. The topological polar surface area (TPSA) is 195 Å². The molecule has 0 bridgehead atoms. The zero-order valence-electron chi connectivity index (χ0n) is 24.1. The van der Waals surface area contributed by atoms with Crippen LogP contribution in [0.2, 0.25) is 0 Å². The number of carboxylic acids is 2. The molecule has 11 heteroatoms. The molecular formula is C34H26O10Ti-2. The molecular weight excluding hydrogens is 616 g/mol. The van der Waals surface area contributed by atoms with Crippen LogP contribution in [0, 0.1) is 12.8 Å². The van der Waals surface area contributed by atoms with Crippen LogP contribution in [0.25, 0.3) is 0 Å². The summed E-state index contributed by atoms with van der Waals surface area (Å²) in [5.74, 6) is -3.84. The van der Waals surface area contributed by atoms with Crippen LogP contribution in [-0.2, 0) is 31.3 Å². The van der Waals surface area contributed by atoms with E-state index in [1.165, 1.54) is 62.4 Å². The van der Waals surface area contributed by atoms with Gasteiger partial charge >= 0.3 is 21.7 Å². The molecule has 0 spiro atoms. The predicted octanol–water partition coefficient (Wildman–Crippen LogP) is 1.57. The zero-order chi connectivity index (χ0) is 33.1. The summed E-state index contributed by atoms with van der Waals surface area (Å²) in [6.07, 6.45) is 2.19. The van der Waals surface area contributed by atoms with Gasteiger partial charge in [-0.1, -0.05) is 84.9 Å². The number of benzene rings is 4. The number of carbonyl (C=O) groups is 6. The summed E-state index contributed by atoms with van der Waals surface area (Å²) in [6, 6.07) is 27.1. The standard InChI is InChI=1S/2C10H9O2.2C7H6O3.Ti/c2*1-8(11)7-10(12)9-5-3-2-4-6-9;2*8-6-3-1-5(2-4-6)7(9)10;/h2*2-7H,1H3;2*1-4,8H,(H,9,10);/q2*-1;;;+4/p-4. The normalized spacial score (nSPS) is 8.93. The molecule has 4 aromatic rings. The second-order valence-corrected chi connectivity index (χ2v) is 8.59. The number of hydrogen-bond donors (Lipinski definition) is 0. The van der Waals surface area contributed by atoms with Crippen LogP contribution in [0.1, 0.15) is 55.3 Å². The fourth-order valence-electron chi connectivity index (χ4n) is 2.92. The van der Waals surface area contributed by atoms with Crippen molar-refractivity contribution in [1.82, 2.24) is 0 Å². The van der Waals surface area contributed by atoms with Gasteiger partial charge in [-0.2, -0.15) is 0 Å². The molecule has 0 saturated carbocycles. The van der Waals surface area contributed by atoms with E-state index >= 15 is 0 Å². The molecule has 0 aliphatic heterocycles. The van der Waals surface area contributed by atoms with Crippen molar-refractivity contribution in [3.8, 4) is 11.5 Å². The van der Waals surface area contributed by atoms with Crippen molar-refractivity contribution in [2.24, 2.45) is 0 Å². The van der Waals surface area contributed by atoms with Crippen molar-refractivity contribution in [1.29, 1.82) is 0 Å². The summed E-state index contributed by atoms with van der Waals surface area (Å²) in [6.45, 7) is 2.72. The van der Waals surface area contributed by atoms with E-state index in [0.29, 0.717) is 11.1 Å². The van der Waals surface area contributed by atoms with Crippen molar-refractivity contribution >= 4 is 35.1 Å². The van der Waals surface area contributed by atoms with Gasteiger partial charge in [0.05, 0.1) is 23.5 Å². The maximum Gasteiger partial charge on any atom is 4.00 e. The summed E-state index contributed by atoms with van der Waals surface area (Å²) < 4.78 is 0. The van der Waals surface area contributed by atoms with Gasteiger partial charge in [0.15, 0.2) is 0 Å². The first-order valence-corrected chi connectivity index (χ1v) is 12.7. The quantitative estimate of drug-likeness (QED) is 0.118. The van der Waals surface area contributed by atoms with Crippen LogP contribution in [0.4, 0.5) is 0 Å². The molecule has 4 rings (SSSR count). The molecule has 0 amide bonds. The zero-order valence-corrected chi connectivity index (χ0v) is 25.7. The van der Waals surface area contributed by atoms with Crippen LogP contribution < -0.4 is 20.4 Å². The van der Waals surface area contributed by atoms with Crippen molar-refractivity contribution in [3.63, 3.8) is 0 Å². The van der Waals surface area contributed by atoms with Gasteiger partial charge in [-0.15, -0.1) is 59.7 Å². The Bertz CT molecular complexity index is 1410. The Morgan fingerprint density at radius 1 is 0.444 bits per heavy atom. The summed E-state index contributed by atoms with van der Waals surface area (Å²) in [5, 5.41) is 41.1. The number of ketones is 4. The first-order valence-electron chi connectivity index (χ1n) is 12.7. The molecule has 0 unspecified atom stereocenters. The number of rotatable bonds is 8. The van der Waals surface area contributed by atoms with E-state index in [1.807, 2.05) is 12.1 Å². The minimum absolute atomic E-state index is 0. The first kappa shape index (κ1) is 39.6. The molecule has 0 saturated heterocycles. The molecule has 0 N–H and O–H groups in total. The average molecular weight is 642 g/mol. The van der Waals surface area contributed by atoms with Gasteiger partial charge in [-0.3, -0.25) is 0 Å². The van der Waals surface area contributed by atoms with E-state index in [2.05, 4.69) is 0 Å². The summed E-state index contributed by atoms with van der Waals surface area (Å²) in [5.41, 5.74) is 1.15. The molecule has 0 aliphatic rings. The smallest absolute Gasteiger partial charge is 0.872 e. The van der Waals surface area contributed by atoms with Gasteiger partial charge in [0.25, 0.3) is 0 Å². The minimum atomic E-state index is -1.26. The van der Waals surface area contributed by atoms with Crippen LogP contribution in [-0.4, -0.2) is 35.1 Å². The molecule has 0 heterocycles. The van der Waals surface area contributed by atoms with Gasteiger partial charge in [0, 0.05) is 11.6 Å². The third kappa shape index (κ3) is 17.3. The number of carboxylic acid groups (broad SMARTS) is 2. The van der Waals surface area contributed by atoms with Crippen LogP contribution >= 0.6 is 0 Å². The van der Waals surface area contributed by atoms with Gasteiger partial charge in [0.1, 0.15) is 0 Å². The van der Waals surface area contributed by atoms with Gasteiger partial charge < -0.3 is 49.2 Å². The number of Topliss-reactive ketones (excluding diaryl/α,β-unsaturated/α-hetero) is 4. The van der Waals surface area contributed by atoms with E-state index in [4.69, 9.17) is 0 Å². The minimum Gasteiger partial charge on any atom is -0.872 e. The maximum absolute atomic E-state index is 11.2. The van der Waals surface area contributed by atoms with Crippen molar-refractivity contribution in [2.75, 3.05) is 0 Å². The Morgan fingerprint density at radius 3 is 0.933 bits per heavy atom. The molecule has 0 atom stereocenters. The van der Waals surface area contributed by atoms with E-state index in [1.54, 1.807) is 48.5 Å². The summed E-state index contributed by atoms with van der Waals surface area (Å²) in [4.78, 5) is 63.7. The molecule has 228 valence electrons. The number of carbonyl (C=O) groups excluding carboxylic acids is 6. The van der Waals surface area contributed by atoms with Crippen molar-refractivity contribution in [3.05, 3.63) is 144 Å². The first-order chi connectivity index (χ1) is 20.8. The molecule has 0 fully saturated rings. The van der Waals surface area contributed by atoms with E-state index in [9.17, 15) is 49.2 Å². The largest absolute Gasteiger partial charge is 4.00 e. The van der Waals surface area contributed by atoms with Crippen LogP contribution in [0.5, 0.6) is 11.5 Å². The molecule has 0 radical (unpaired) electrons. The van der Waals surface area contributed by atoms with E-state index in [-0.39, 0.29) is 67.5 Å². The average Bonchev–Trinajstić information content (AvgIpc) is 2.99. The SMILES string of the molecule is CC(=O)[CH-]C(=O)c1ccccc1.CC(=O)[CH-]C(=O)c1ccccc1.O=C([O-])c1ccc([O-])cc1.O=C([O-])c1ccc([O-])cc1.[Ti+4]. The van der Waals surface area contributed by atoms with Crippen LogP contribution in [0.15, 0.2) is 109 Å². The fourth-order valence-corrected chi connectivity index (χ4v) is 2.92. The monoisotopic (exact) mass is 642 g/mol. The molecule has 10 nitrogen and oxygen atoms in total. The molecule has 0 aliphatic carbocycles. The number of aromatic carboxylic acids is 2. The van der Waals surface area contributed by atoms with Crippen LogP contribution in [0.3, 0.4) is 0 Å². The van der Waals surface area contributed by atoms with Gasteiger partial charge in [0.2, 0.25) is 0 Å². The molecule has 45 heavy (non-hydrogen) atoms. The Kier molecular flexibility index (Phi) is 18.7. The summed E-state index contributed by atoms with van der Waals surface area (Å²) >= 11 is 0. The molecule has 4 aromatic carbocycles. The summed E-state index contributed by atoms with van der Waals surface area (Å²) in [7, 11) is 0. The Hall–Kier alpha value is -5.45. The molecule has 0 aromatic heterocycles. The maximum atomic E-state index is 11.2. The van der Waals surface area contributed by atoms with Crippen molar-refractivity contribution in [2.45, 2.75) is 13.8 Å². The Labute approximate surface area is 274 Å².